The molecule has 7 nitrogen and oxygen atoms in total. The van der Waals surface area contributed by atoms with E-state index in [0.29, 0.717) is 13.0 Å². The number of carbonyl (C=O) groups excluding carboxylic acids is 1. The fraction of sp³-hybridized carbons (Fsp3) is 0.514. The van der Waals surface area contributed by atoms with E-state index in [9.17, 15) is 9.18 Å². The van der Waals surface area contributed by atoms with Crippen LogP contribution in [0.3, 0.4) is 0 Å². The van der Waals surface area contributed by atoms with Gasteiger partial charge in [0.25, 0.3) is 0 Å². The number of aromatic nitrogens is 1. The number of hydrogen-bond acceptors (Lipinski definition) is 7. The average Bonchev–Trinajstić information content (AvgIpc) is 2.97. The number of ether oxygens (including phenoxy) is 4. The topological polar surface area (TPSA) is 70.1 Å². The van der Waals surface area contributed by atoms with Gasteiger partial charge in [0.05, 0.1) is 29.6 Å². The lowest BCUT2D eigenvalue weighted by atomic mass is 9.89. The number of esters is 1. The maximum Gasteiger partial charge on any atom is 0.340 e. The number of methoxy groups -OCH3 is 1. The monoisotopic (exact) mass is 620 g/mol. The maximum atomic E-state index is 13.7. The van der Waals surface area contributed by atoms with Gasteiger partial charge in [0.15, 0.2) is 6.10 Å². The van der Waals surface area contributed by atoms with Crippen LogP contribution in [0, 0.1) is 19.7 Å². The highest BCUT2D eigenvalue weighted by Crippen LogP contribution is 2.44. The van der Waals surface area contributed by atoms with Crippen molar-refractivity contribution in [2.24, 2.45) is 0 Å². The minimum atomic E-state index is -0.959. The third-order valence-corrected chi connectivity index (χ3v) is 8.22. The molecule has 1 saturated heterocycles. The zero-order valence-electron chi connectivity index (χ0n) is 28.3. The van der Waals surface area contributed by atoms with E-state index in [-0.39, 0.29) is 17.5 Å². The molecular formula is C37H49FN2O5. The first-order valence-corrected chi connectivity index (χ1v) is 15.9. The molecule has 0 amide bonds. The summed E-state index contributed by atoms with van der Waals surface area (Å²) in [7, 11) is 1.77. The number of halogens is 1. The van der Waals surface area contributed by atoms with Gasteiger partial charge in [-0.15, -0.1) is 0 Å². The van der Waals surface area contributed by atoms with E-state index < -0.39 is 17.7 Å². The number of piperidine rings is 1. The number of hydrogen-bond donors (Lipinski definition) is 0. The zero-order valence-corrected chi connectivity index (χ0v) is 28.3. The molecule has 1 aliphatic rings. The Kier molecular flexibility index (Phi) is 10.9. The van der Waals surface area contributed by atoms with Crippen molar-refractivity contribution in [2.75, 3.05) is 31.7 Å². The van der Waals surface area contributed by atoms with Crippen LogP contribution in [0.5, 0.6) is 5.75 Å². The molecule has 0 spiro atoms. The van der Waals surface area contributed by atoms with Gasteiger partial charge in [-0.05, 0) is 104 Å². The number of benzene rings is 2. The van der Waals surface area contributed by atoms with Gasteiger partial charge in [0.1, 0.15) is 11.6 Å². The van der Waals surface area contributed by atoms with Gasteiger partial charge in [-0.2, -0.15) is 0 Å². The van der Waals surface area contributed by atoms with Crippen molar-refractivity contribution >= 4 is 11.7 Å². The first kappa shape index (κ1) is 34.4. The van der Waals surface area contributed by atoms with Crippen molar-refractivity contribution in [3.05, 3.63) is 76.9 Å². The molecule has 0 unspecified atom stereocenters. The van der Waals surface area contributed by atoms with Crippen LogP contribution in [0.2, 0.25) is 0 Å². The van der Waals surface area contributed by atoms with E-state index in [0.717, 1.165) is 71.0 Å². The van der Waals surface area contributed by atoms with Crippen molar-refractivity contribution in [3.63, 3.8) is 0 Å². The molecule has 0 saturated carbocycles. The lowest BCUT2D eigenvalue weighted by molar-refractivity contribution is -0.171. The van der Waals surface area contributed by atoms with E-state index in [4.69, 9.17) is 23.9 Å². The molecule has 4 rings (SSSR count). The Morgan fingerprint density at radius 1 is 1.00 bits per heavy atom. The van der Waals surface area contributed by atoms with Gasteiger partial charge in [0.2, 0.25) is 0 Å². The number of rotatable bonds is 11. The third-order valence-electron chi connectivity index (χ3n) is 8.22. The minimum absolute atomic E-state index is 0.210. The molecule has 3 aromatic rings. The smallest absolute Gasteiger partial charge is 0.340 e. The molecule has 45 heavy (non-hydrogen) atoms. The number of anilines is 1. The largest absolute Gasteiger partial charge is 0.493 e. The Bertz CT molecular complexity index is 1440. The molecule has 0 radical (unpaired) electrons. The summed E-state index contributed by atoms with van der Waals surface area (Å²) >= 11 is 0. The van der Waals surface area contributed by atoms with Gasteiger partial charge in [-0.1, -0.05) is 24.3 Å². The quantitative estimate of drug-likeness (QED) is 0.202. The number of aryl methyl sites for hydroxylation is 2. The SMILES string of the molecule is COC1(C)CCN(c2c(-c3ccc(OCCc4ccc(F)cc4)cc3)c(C)nc(C)c2[C@H](OC(C)(C)C)C(=O)OC(C)C)CC1. The van der Waals surface area contributed by atoms with Gasteiger partial charge in [0, 0.05) is 49.1 Å². The van der Waals surface area contributed by atoms with Gasteiger partial charge in [-0.3, -0.25) is 4.98 Å². The molecule has 244 valence electrons. The Balaban J connectivity index is 1.76. The zero-order chi connectivity index (χ0) is 32.9. The van der Waals surface area contributed by atoms with E-state index in [1.807, 2.05) is 72.7 Å². The summed E-state index contributed by atoms with van der Waals surface area (Å²) in [6, 6.07) is 14.5. The molecule has 0 bridgehead atoms. The highest BCUT2D eigenvalue weighted by molar-refractivity contribution is 5.88. The van der Waals surface area contributed by atoms with Crippen molar-refractivity contribution in [3.8, 4) is 16.9 Å². The normalized spacial score (nSPS) is 15.7. The summed E-state index contributed by atoms with van der Waals surface area (Å²) in [5.74, 6) is 0.0669. The Hall–Kier alpha value is -3.49. The Morgan fingerprint density at radius 3 is 2.18 bits per heavy atom. The summed E-state index contributed by atoms with van der Waals surface area (Å²) in [5.41, 5.74) is 5.39. The Morgan fingerprint density at radius 2 is 1.62 bits per heavy atom. The second-order valence-electron chi connectivity index (χ2n) is 13.4. The van der Waals surface area contributed by atoms with Gasteiger partial charge >= 0.3 is 5.97 Å². The highest BCUT2D eigenvalue weighted by Gasteiger charge is 2.38. The van der Waals surface area contributed by atoms with E-state index >= 15 is 0 Å². The summed E-state index contributed by atoms with van der Waals surface area (Å²) in [6.45, 7) is 17.6. The summed E-state index contributed by atoms with van der Waals surface area (Å²) < 4.78 is 37.4. The van der Waals surface area contributed by atoms with Crippen LogP contribution in [0.25, 0.3) is 11.1 Å². The van der Waals surface area contributed by atoms with Gasteiger partial charge < -0.3 is 23.8 Å². The van der Waals surface area contributed by atoms with Crippen molar-refractivity contribution in [1.82, 2.24) is 4.98 Å². The fourth-order valence-corrected chi connectivity index (χ4v) is 5.77. The number of pyridine rings is 1. The maximum absolute atomic E-state index is 13.7. The average molecular weight is 621 g/mol. The van der Waals surface area contributed by atoms with Crippen LogP contribution in [0.15, 0.2) is 48.5 Å². The molecule has 8 heteroatoms. The molecule has 0 aliphatic carbocycles. The lowest BCUT2D eigenvalue weighted by Crippen LogP contribution is -2.44. The standard InChI is InChI=1S/C37H49FN2O5/c1-24(2)44-35(41)34(45-36(5,6)7)32-26(4)39-25(3)31(33(32)40-21-19-37(8,42-9)20-22-40)28-12-16-30(17-13-28)43-23-18-27-10-14-29(38)15-11-27/h10-17,24,34H,18-23H2,1-9H3/t34-/m0/s1. The summed E-state index contributed by atoms with van der Waals surface area (Å²) in [5, 5.41) is 0. The summed E-state index contributed by atoms with van der Waals surface area (Å²) in [4.78, 5) is 21.0. The first-order valence-electron chi connectivity index (χ1n) is 15.9. The van der Waals surface area contributed by atoms with E-state index in [1.165, 1.54) is 12.1 Å². The van der Waals surface area contributed by atoms with E-state index in [2.05, 4.69) is 11.8 Å². The molecule has 0 N–H and O–H groups in total. The second kappa shape index (κ2) is 14.3. The van der Waals surface area contributed by atoms with Crippen molar-refractivity contribution < 1.29 is 28.1 Å². The highest BCUT2D eigenvalue weighted by atomic mass is 19.1. The van der Waals surface area contributed by atoms with Crippen molar-refractivity contribution in [2.45, 2.75) is 98.1 Å². The summed E-state index contributed by atoms with van der Waals surface area (Å²) in [6.07, 6.45) is 1.10. The molecule has 1 aliphatic heterocycles. The second-order valence-corrected chi connectivity index (χ2v) is 13.4. The van der Waals surface area contributed by atoms with Gasteiger partial charge in [-0.25, -0.2) is 9.18 Å². The van der Waals surface area contributed by atoms with Crippen molar-refractivity contribution in [1.29, 1.82) is 0 Å². The minimum Gasteiger partial charge on any atom is -0.493 e. The third kappa shape index (κ3) is 8.82. The molecule has 1 aromatic heterocycles. The number of carbonyl (C=O) groups is 1. The predicted molar refractivity (Wildman–Crippen MR) is 176 cm³/mol. The van der Waals surface area contributed by atoms with Crippen LogP contribution >= 0.6 is 0 Å². The lowest BCUT2D eigenvalue weighted by Gasteiger charge is -2.42. The fourth-order valence-electron chi connectivity index (χ4n) is 5.77. The van der Waals surface area contributed by atoms with Crippen LogP contribution < -0.4 is 9.64 Å². The van der Waals surface area contributed by atoms with Crippen LogP contribution in [-0.4, -0.2) is 55.1 Å². The number of nitrogens with zero attached hydrogens (tertiary/aromatic N) is 2. The first-order chi connectivity index (χ1) is 21.2. The van der Waals surface area contributed by atoms with Crippen LogP contribution in [0.1, 0.15) is 83.0 Å². The van der Waals surface area contributed by atoms with Crippen LogP contribution in [0.4, 0.5) is 10.1 Å². The molecular weight excluding hydrogens is 571 g/mol. The molecule has 1 atom stereocenters. The molecule has 1 fully saturated rings. The molecule has 2 aromatic carbocycles. The predicted octanol–water partition coefficient (Wildman–Crippen LogP) is 7.94. The Labute approximate surface area is 268 Å². The van der Waals surface area contributed by atoms with Crippen LogP contribution in [-0.2, 0) is 25.4 Å². The van der Waals surface area contributed by atoms with E-state index in [1.54, 1.807) is 19.2 Å². The molecule has 2 heterocycles.